The van der Waals surface area contributed by atoms with E-state index in [9.17, 15) is 4.79 Å². The lowest BCUT2D eigenvalue weighted by atomic mass is 10.1. The quantitative estimate of drug-likeness (QED) is 0.317. The number of hydrazine groups is 1. The van der Waals surface area contributed by atoms with Gasteiger partial charge in [-0.15, -0.1) is 0 Å². The highest BCUT2D eigenvalue weighted by molar-refractivity contribution is 5.69. The van der Waals surface area contributed by atoms with Gasteiger partial charge in [0.1, 0.15) is 0 Å². The van der Waals surface area contributed by atoms with Gasteiger partial charge < -0.3 is 4.74 Å². The Balaban J connectivity index is 1.82. The zero-order valence-corrected chi connectivity index (χ0v) is 16.2. The highest BCUT2D eigenvalue weighted by Crippen LogP contribution is 2.11. The van der Waals surface area contributed by atoms with Crippen molar-refractivity contribution in [1.82, 2.24) is 10.0 Å². The van der Waals surface area contributed by atoms with Crippen LogP contribution in [0.25, 0.3) is 0 Å². The largest absolute Gasteiger partial charge is 0.466 e. The zero-order chi connectivity index (χ0) is 17.5. The number of carbonyl (C=O) groups excluding carboxylic acids is 1. The second-order valence-corrected chi connectivity index (χ2v) is 7.19. The van der Waals surface area contributed by atoms with Gasteiger partial charge in [-0.2, -0.15) is 0 Å². The van der Waals surface area contributed by atoms with Gasteiger partial charge in [0.15, 0.2) is 0 Å². The van der Waals surface area contributed by atoms with E-state index in [0.29, 0.717) is 13.0 Å². The van der Waals surface area contributed by atoms with Crippen LogP contribution < -0.4 is 0 Å². The minimum absolute atomic E-state index is 0.0445. The number of unbranched alkanes of at least 4 members (excludes halogenated alkanes) is 9. The summed E-state index contributed by atoms with van der Waals surface area (Å²) in [6, 6.07) is 0. The highest BCUT2D eigenvalue weighted by Gasteiger charge is 2.16. The Hall–Kier alpha value is -0.610. The molecule has 4 heteroatoms. The van der Waals surface area contributed by atoms with Crippen LogP contribution in [0.2, 0.25) is 0 Å². The van der Waals surface area contributed by atoms with Crippen LogP contribution in [0.3, 0.4) is 0 Å². The van der Waals surface area contributed by atoms with Gasteiger partial charge in [0, 0.05) is 26.7 Å². The van der Waals surface area contributed by atoms with Gasteiger partial charge in [-0.1, -0.05) is 64.7 Å². The van der Waals surface area contributed by atoms with Gasteiger partial charge in [-0.3, -0.25) is 4.79 Å². The van der Waals surface area contributed by atoms with Gasteiger partial charge in [0.2, 0.25) is 0 Å². The average Bonchev–Trinajstić information content (AvgIpc) is 3.12. The van der Waals surface area contributed by atoms with Gasteiger partial charge >= 0.3 is 5.97 Å². The first-order chi connectivity index (χ1) is 11.7. The van der Waals surface area contributed by atoms with Crippen LogP contribution in [0, 0.1) is 0 Å². The molecule has 1 heterocycles. The van der Waals surface area contributed by atoms with Crippen LogP contribution in [0.5, 0.6) is 0 Å². The predicted molar refractivity (Wildman–Crippen MR) is 101 cm³/mol. The van der Waals surface area contributed by atoms with Crippen molar-refractivity contribution in [2.24, 2.45) is 0 Å². The fraction of sp³-hybridized carbons (Fsp3) is 0.950. The monoisotopic (exact) mass is 340 g/mol. The molecule has 0 amide bonds. The summed E-state index contributed by atoms with van der Waals surface area (Å²) in [6.45, 7) is 5.90. The average molecular weight is 341 g/mol. The number of carbonyl (C=O) groups is 1. The smallest absolute Gasteiger partial charge is 0.307 e. The Kier molecular flexibility index (Phi) is 13.1. The first kappa shape index (κ1) is 21.4. The number of esters is 1. The molecule has 0 saturated carbocycles. The van der Waals surface area contributed by atoms with E-state index in [0.717, 1.165) is 26.1 Å². The lowest BCUT2D eigenvalue weighted by Crippen LogP contribution is -2.38. The molecule has 1 aliphatic rings. The van der Waals surface area contributed by atoms with Crippen LogP contribution >= 0.6 is 0 Å². The van der Waals surface area contributed by atoms with Crippen molar-refractivity contribution in [3.05, 3.63) is 0 Å². The van der Waals surface area contributed by atoms with Crippen molar-refractivity contribution < 1.29 is 9.53 Å². The molecule has 24 heavy (non-hydrogen) atoms. The molecule has 1 rings (SSSR count). The van der Waals surface area contributed by atoms with E-state index in [1.54, 1.807) is 0 Å². The van der Waals surface area contributed by atoms with Crippen molar-refractivity contribution in [2.75, 3.05) is 33.3 Å². The lowest BCUT2D eigenvalue weighted by molar-refractivity contribution is -0.145. The molecule has 0 aromatic heterocycles. The van der Waals surface area contributed by atoms with Crippen molar-refractivity contribution in [2.45, 2.75) is 90.4 Å². The molecule has 0 unspecified atom stereocenters. The molecule has 1 fully saturated rings. The van der Waals surface area contributed by atoms with E-state index >= 15 is 0 Å². The maximum Gasteiger partial charge on any atom is 0.307 e. The molecular formula is C20H40N2O2. The molecule has 0 spiro atoms. The van der Waals surface area contributed by atoms with Crippen LogP contribution in [-0.4, -0.2) is 49.3 Å². The molecule has 0 radical (unpaired) electrons. The van der Waals surface area contributed by atoms with Crippen LogP contribution in [-0.2, 0) is 9.53 Å². The number of ether oxygens (including phenoxy) is 1. The van der Waals surface area contributed by atoms with E-state index in [1.807, 2.05) is 0 Å². The Bertz CT molecular complexity index is 304. The third-order valence-corrected chi connectivity index (χ3v) is 4.97. The van der Waals surface area contributed by atoms with E-state index in [1.165, 1.54) is 70.6 Å². The van der Waals surface area contributed by atoms with Crippen molar-refractivity contribution in [3.63, 3.8) is 0 Å². The Morgan fingerprint density at radius 2 is 1.46 bits per heavy atom. The van der Waals surface area contributed by atoms with E-state index in [2.05, 4.69) is 24.0 Å². The molecular weight excluding hydrogens is 300 g/mol. The summed E-state index contributed by atoms with van der Waals surface area (Å²) < 4.78 is 5.34. The minimum atomic E-state index is -0.0445. The molecule has 142 valence electrons. The molecule has 1 aliphatic heterocycles. The highest BCUT2D eigenvalue weighted by atomic mass is 16.5. The maximum atomic E-state index is 11.8. The van der Waals surface area contributed by atoms with Gasteiger partial charge in [-0.05, 0) is 19.3 Å². The van der Waals surface area contributed by atoms with Crippen molar-refractivity contribution in [1.29, 1.82) is 0 Å². The third kappa shape index (κ3) is 11.0. The van der Waals surface area contributed by atoms with Gasteiger partial charge in [-0.25, -0.2) is 10.0 Å². The molecule has 1 saturated heterocycles. The first-order valence-electron chi connectivity index (χ1n) is 10.4. The SMILES string of the molecule is CCCCCCCCCCCCOC(=O)CCN(C)N1CCCC1. The molecule has 0 atom stereocenters. The number of hydrogen-bond acceptors (Lipinski definition) is 4. The number of rotatable bonds is 15. The Labute approximate surface area is 149 Å². The third-order valence-electron chi connectivity index (χ3n) is 4.97. The summed E-state index contributed by atoms with van der Waals surface area (Å²) in [5.41, 5.74) is 0. The van der Waals surface area contributed by atoms with Gasteiger partial charge in [0.05, 0.1) is 13.0 Å². The van der Waals surface area contributed by atoms with Gasteiger partial charge in [0.25, 0.3) is 0 Å². The number of nitrogens with zero attached hydrogens (tertiary/aromatic N) is 2. The topological polar surface area (TPSA) is 32.8 Å². The summed E-state index contributed by atoms with van der Waals surface area (Å²) in [4.78, 5) is 11.8. The predicted octanol–water partition coefficient (Wildman–Crippen LogP) is 4.78. The fourth-order valence-electron chi connectivity index (χ4n) is 3.28. The van der Waals surface area contributed by atoms with Crippen LogP contribution in [0.15, 0.2) is 0 Å². The summed E-state index contributed by atoms with van der Waals surface area (Å²) in [5.74, 6) is -0.0445. The van der Waals surface area contributed by atoms with E-state index in [4.69, 9.17) is 4.74 Å². The molecule has 4 nitrogen and oxygen atoms in total. The minimum Gasteiger partial charge on any atom is -0.466 e. The Morgan fingerprint density at radius 1 is 0.917 bits per heavy atom. The maximum absolute atomic E-state index is 11.8. The normalized spacial score (nSPS) is 15.3. The molecule has 0 aromatic rings. The second kappa shape index (κ2) is 14.7. The molecule has 0 N–H and O–H groups in total. The lowest BCUT2D eigenvalue weighted by Gasteiger charge is -2.27. The van der Waals surface area contributed by atoms with Crippen LogP contribution in [0.4, 0.5) is 0 Å². The summed E-state index contributed by atoms with van der Waals surface area (Å²) in [5, 5.41) is 4.50. The summed E-state index contributed by atoms with van der Waals surface area (Å²) in [7, 11) is 2.07. The summed E-state index contributed by atoms with van der Waals surface area (Å²) >= 11 is 0. The van der Waals surface area contributed by atoms with E-state index < -0.39 is 0 Å². The zero-order valence-electron chi connectivity index (χ0n) is 16.2. The molecule has 0 bridgehead atoms. The standard InChI is InChI=1S/C20H40N2O2/c1-3-4-5-6-7-8-9-10-11-14-19-24-20(23)15-18-21(2)22-16-12-13-17-22/h3-19H2,1-2H3. The number of hydrogen-bond donors (Lipinski definition) is 0. The molecule has 0 aromatic carbocycles. The summed E-state index contributed by atoms with van der Waals surface area (Å²) in [6.07, 6.45) is 16.1. The Morgan fingerprint density at radius 3 is 2.04 bits per heavy atom. The molecule has 0 aliphatic carbocycles. The van der Waals surface area contributed by atoms with Crippen molar-refractivity contribution >= 4 is 5.97 Å². The first-order valence-corrected chi connectivity index (χ1v) is 10.4. The van der Waals surface area contributed by atoms with Crippen LogP contribution in [0.1, 0.15) is 90.4 Å². The van der Waals surface area contributed by atoms with E-state index in [-0.39, 0.29) is 5.97 Å². The second-order valence-electron chi connectivity index (χ2n) is 7.19. The van der Waals surface area contributed by atoms with Crippen molar-refractivity contribution in [3.8, 4) is 0 Å². The fourth-order valence-corrected chi connectivity index (χ4v) is 3.28.